The molecule has 2 rings (SSSR count). The minimum absolute atomic E-state index is 0.595. The van der Waals surface area contributed by atoms with Crippen LogP contribution < -0.4 is 17.1 Å². The van der Waals surface area contributed by atoms with Crippen molar-refractivity contribution in [2.75, 3.05) is 6.61 Å². The van der Waals surface area contributed by atoms with Crippen LogP contribution in [0.3, 0.4) is 0 Å². The van der Waals surface area contributed by atoms with E-state index in [0.717, 1.165) is 6.33 Å². The number of aromatic amines is 1. The molecule has 1 aromatic rings. The fraction of sp³-hybridized carbons (Fsp3) is 0.625. The molecule has 0 unspecified atom stereocenters. The van der Waals surface area contributed by atoms with Gasteiger partial charge in [0.1, 0.15) is 24.6 Å². The molecule has 1 fully saturated rings. The highest BCUT2D eigenvalue weighted by Gasteiger charge is 2.53. The highest BCUT2D eigenvalue weighted by Crippen LogP contribution is 2.29. The van der Waals surface area contributed by atoms with Gasteiger partial charge in [0.05, 0.1) is 6.61 Å². The quantitative estimate of drug-likeness (QED) is 0.356. The molecule has 6 N–H and O–H groups in total. The fourth-order valence-corrected chi connectivity index (χ4v) is 1.77. The first kappa shape index (κ1) is 12.9. The number of aliphatic hydroxyl groups is 3. The minimum Gasteiger partial charge on any atom is -0.394 e. The Morgan fingerprint density at radius 1 is 1.56 bits per heavy atom. The molecule has 0 amide bonds. The monoisotopic (exact) mass is 260 g/mol. The Morgan fingerprint density at radius 2 is 2.22 bits per heavy atom. The molecule has 0 radical (unpaired) electrons. The van der Waals surface area contributed by atoms with Gasteiger partial charge in [-0.3, -0.25) is 10.7 Å². The maximum atomic E-state index is 11.5. The standard InChI is InChI=1S/C8H12N4O6/c9-8(5(15)4(14)3(1-13)18-8)12-2-10-6(16)11-7(12)17/h2-5,13-15H,1,9H2,(H,11,16,17)/t3-,4-,5-,8+/m1/s1. The second-order valence-electron chi connectivity index (χ2n) is 3.88. The average molecular weight is 260 g/mol. The van der Waals surface area contributed by atoms with Gasteiger partial charge in [-0.15, -0.1) is 0 Å². The van der Waals surface area contributed by atoms with Crippen LogP contribution in [-0.2, 0) is 10.6 Å². The van der Waals surface area contributed by atoms with E-state index in [2.05, 4.69) is 4.98 Å². The molecule has 100 valence electrons. The molecule has 0 saturated carbocycles. The Morgan fingerprint density at radius 3 is 2.72 bits per heavy atom. The van der Waals surface area contributed by atoms with Crippen LogP contribution in [0.5, 0.6) is 0 Å². The lowest BCUT2D eigenvalue weighted by Crippen LogP contribution is -2.58. The molecule has 0 spiro atoms. The van der Waals surface area contributed by atoms with Gasteiger partial charge in [-0.1, -0.05) is 0 Å². The van der Waals surface area contributed by atoms with Gasteiger partial charge in [0.25, 0.3) is 0 Å². The summed E-state index contributed by atoms with van der Waals surface area (Å²) < 4.78 is 5.69. The largest absolute Gasteiger partial charge is 0.394 e. The Bertz CT molecular complexity index is 555. The first-order chi connectivity index (χ1) is 8.40. The molecule has 0 aliphatic carbocycles. The summed E-state index contributed by atoms with van der Waals surface area (Å²) in [6, 6.07) is 0. The normalized spacial score (nSPS) is 35.9. The molecule has 0 aromatic carbocycles. The highest BCUT2D eigenvalue weighted by atomic mass is 16.6. The zero-order chi connectivity index (χ0) is 13.5. The maximum absolute atomic E-state index is 11.5. The van der Waals surface area contributed by atoms with E-state index in [1.165, 1.54) is 0 Å². The fourth-order valence-electron chi connectivity index (χ4n) is 1.77. The third kappa shape index (κ3) is 1.76. The van der Waals surface area contributed by atoms with Gasteiger partial charge in [0, 0.05) is 0 Å². The van der Waals surface area contributed by atoms with Crippen LogP contribution in [0, 0.1) is 0 Å². The number of nitrogens with two attached hydrogens (primary N) is 1. The molecular formula is C8H12N4O6. The molecule has 1 aliphatic rings. The van der Waals surface area contributed by atoms with E-state index < -0.39 is 42.1 Å². The summed E-state index contributed by atoms with van der Waals surface area (Å²) in [7, 11) is 0. The van der Waals surface area contributed by atoms with Crippen molar-refractivity contribution in [2.45, 2.75) is 24.2 Å². The SMILES string of the molecule is N[C@@]1(n2cnc(=O)[nH]c2=O)O[C@H](CO)[C@@H](O)[C@H]1O. The second kappa shape index (κ2) is 4.26. The van der Waals surface area contributed by atoms with E-state index >= 15 is 0 Å². The molecule has 1 aromatic heterocycles. The molecule has 18 heavy (non-hydrogen) atoms. The molecule has 1 saturated heterocycles. The van der Waals surface area contributed by atoms with Gasteiger partial charge in [-0.25, -0.2) is 14.2 Å². The summed E-state index contributed by atoms with van der Waals surface area (Å²) in [5.74, 6) is -2.11. The van der Waals surface area contributed by atoms with Crippen LogP contribution in [0.1, 0.15) is 0 Å². The van der Waals surface area contributed by atoms with Crippen molar-refractivity contribution in [1.29, 1.82) is 0 Å². The Kier molecular flexibility index (Phi) is 3.04. The van der Waals surface area contributed by atoms with Crippen LogP contribution in [-0.4, -0.2) is 54.8 Å². The highest BCUT2D eigenvalue weighted by molar-refractivity contribution is 4.96. The first-order valence-corrected chi connectivity index (χ1v) is 5.02. The van der Waals surface area contributed by atoms with E-state index in [-0.39, 0.29) is 0 Å². The molecule has 10 heteroatoms. The summed E-state index contributed by atoms with van der Waals surface area (Å²) in [5.41, 5.74) is 3.85. The van der Waals surface area contributed by atoms with E-state index in [1.54, 1.807) is 0 Å². The second-order valence-corrected chi connectivity index (χ2v) is 3.88. The number of H-pyrrole nitrogens is 1. The zero-order valence-corrected chi connectivity index (χ0v) is 9.05. The number of nitrogens with one attached hydrogen (secondary N) is 1. The lowest BCUT2D eigenvalue weighted by atomic mass is 10.1. The van der Waals surface area contributed by atoms with Crippen molar-refractivity contribution in [2.24, 2.45) is 5.73 Å². The van der Waals surface area contributed by atoms with E-state index in [0.29, 0.717) is 4.57 Å². The maximum Gasteiger partial charge on any atom is 0.350 e. The number of hydrogen-bond donors (Lipinski definition) is 5. The smallest absolute Gasteiger partial charge is 0.350 e. The third-order valence-corrected chi connectivity index (χ3v) is 2.75. The molecular weight excluding hydrogens is 248 g/mol. The van der Waals surface area contributed by atoms with Crippen molar-refractivity contribution >= 4 is 0 Å². The van der Waals surface area contributed by atoms with Crippen molar-refractivity contribution in [3.05, 3.63) is 27.3 Å². The first-order valence-electron chi connectivity index (χ1n) is 5.02. The van der Waals surface area contributed by atoms with Gasteiger partial charge >= 0.3 is 11.4 Å². The topological polar surface area (TPSA) is 164 Å². The number of aromatic nitrogens is 3. The summed E-state index contributed by atoms with van der Waals surface area (Å²) >= 11 is 0. The Balaban J connectivity index is 2.49. The summed E-state index contributed by atoms with van der Waals surface area (Å²) in [4.78, 5) is 27.5. The van der Waals surface area contributed by atoms with Crippen LogP contribution in [0.2, 0.25) is 0 Å². The third-order valence-electron chi connectivity index (χ3n) is 2.75. The number of rotatable bonds is 2. The van der Waals surface area contributed by atoms with E-state index in [1.807, 2.05) is 4.98 Å². The predicted octanol–water partition coefficient (Wildman–Crippen LogP) is -4.39. The average Bonchev–Trinajstić information content (AvgIpc) is 2.54. The van der Waals surface area contributed by atoms with Crippen LogP contribution >= 0.6 is 0 Å². The van der Waals surface area contributed by atoms with Gasteiger partial charge in [-0.05, 0) is 0 Å². The number of ether oxygens (including phenoxy) is 1. The van der Waals surface area contributed by atoms with E-state index in [4.69, 9.17) is 15.6 Å². The van der Waals surface area contributed by atoms with Crippen LogP contribution in [0.4, 0.5) is 0 Å². The van der Waals surface area contributed by atoms with Crippen molar-refractivity contribution in [1.82, 2.24) is 14.5 Å². The molecule has 2 heterocycles. The van der Waals surface area contributed by atoms with Crippen LogP contribution in [0.15, 0.2) is 15.9 Å². The molecule has 10 nitrogen and oxygen atoms in total. The van der Waals surface area contributed by atoms with Crippen molar-refractivity contribution in [3.63, 3.8) is 0 Å². The lowest BCUT2D eigenvalue weighted by Gasteiger charge is -2.28. The van der Waals surface area contributed by atoms with Gasteiger partial charge in [0.2, 0.25) is 5.85 Å². The summed E-state index contributed by atoms with van der Waals surface area (Å²) in [5, 5.41) is 28.3. The molecule has 0 bridgehead atoms. The van der Waals surface area contributed by atoms with E-state index in [9.17, 15) is 19.8 Å². The summed E-state index contributed by atoms with van der Waals surface area (Å²) in [6.45, 7) is -0.595. The zero-order valence-electron chi connectivity index (χ0n) is 9.05. The van der Waals surface area contributed by atoms with Crippen molar-refractivity contribution in [3.8, 4) is 0 Å². The van der Waals surface area contributed by atoms with Crippen LogP contribution in [0.25, 0.3) is 0 Å². The predicted molar refractivity (Wildman–Crippen MR) is 55.3 cm³/mol. The minimum atomic E-state index is -2.11. The van der Waals surface area contributed by atoms with Gasteiger partial charge in [-0.2, -0.15) is 4.98 Å². The summed E-state index contributed by atoms with van der Waals surface area (Å²) in [6.07, 6.45) is -3.50. The molecule has 1 aliphatic heterocycles. The Labute approximate surface area is 99.3 Å². The van der Waals surface area contributed by atoms with Crippen molar-refractivity contribution < 1.29 is 20.1 Å². The lowest BCUT2D eigenvalue weighted by molar-refractivity contribution is -0.146. The number of nitrogens with zero attached hydrogens (tertiary/aromatic N) is 2. The molecule has 4 atom stereocenters. The van der Waals surface area contributed by atoms with Gasteiger partial charge < -0.3 is 20.1 Å². The number of aliphatic hydroxyl groups excluding tert-OH is 3. The number of hydrogen-bond acceptors (Lipinski definition) is 8. The Hall–Kier alpha value is -1.59. The van der Waals surface area contributed by atoms with Gasteiger partial charge in [0.15, 0.2) is 0 Å².